The summed E-state index contributed by atoms with van der Waals surface area (Å²) in [6.45, 7) is 5.45. The predicted octanol–water partition coefficient (Wildman–Crippen LogP) is 2.39. The molecule has 244 valence electrons. The summed E-state index contributed by atoms with van der Waals surface area (Å²) in [5, 5.41) is 39.1. The van der Waals surface area contributed by atoms with Crippen LogP contribution in [0.4, 0.5) is 14.4 Å². The first-order chi connectivity index (χ1) is 20.7. The average molecular weight is 619 g/mol. The second-order valence-corrected chi connectivity index (χ2v) is 11.5. The van der Waals surface area contributed by atoms with Gasteiger partial charge in [0.2, 0.25) is 0 Å². The lowest BCUT2D eigenvalue weighted by molar-refractivity contribution is 0.0416. The van der Waals surface area contributed by atoms with Crippen LogP contribution in [0.25, 0.3) is 0 Å². The zero-order valence-electron chi connectivity index (χ0n) is 26.0. The highest BCUT2D eigenvalue weighted by atomic mass is 16.6. The fraction of sp³-hybridized carbons (Fsp3) is 0.516. The third-order valence-electron chi connectivity index (χ3n) is 6.27. The molecule has 0 aromatic heterocycles. The molecule has 44 heavy (non-hydrogen) atoms. The standard InChI is InChI=1S/C31H46N4O9/c1-31(2,3)44-29(40)34-25(18-22-11-13-23(14-12-22)42-15-16-43-30(41)35(4)5)27(37)20-32-19-26(36)24(33-28(38)39)17-21-9-7-6-8-10-21/h6-14,24-27,32-33,36-37H,15-20H2,1-5H3,(H,34,40)(H,38,39)/t24-,25+,26-,27?/m0/s1. The van der Waals surface area contributed by atoms with Crippen molar-refractivity contribution in [2.24, 2.45) is 0 Å². The van der Waals surface area contributed by atoms with E-state index in [1.807, 2.05) is 30.3 Å². The van der Waals surface area contributed by atoms with Crippen molar-refractivity contribution in [3.8, 4) is 5.75 Å². The quantitative estimate of drug-likeness (QED) is 0.153. The van der Waals surface area contributed by atoms with E-state index in [9.17, 15) is 29.7 Å². The lowest BCUT2D eigenvalue weighted by atomic mass is 10.00. The molecule has 2 aromatic rings. The molecule has 13 nitrogen and oxygen atoms in total. The number of carbonyl (C=O) groups is 3. The van der Waals surface area contributed by atoms with Crippen molar-refractivity contribution >= 4 is 18.3 Å². The lowest BCUT2D eigenvalue weighted by Crippen LogP contribution is -2.52. The molecule has 0 spiro atoms. The highest BCUT2D eigenvalue weighted by molar-refractivity contribution is 5.68. The number of ether oxygens (including phenoxy) is 3. The van der Waals surface area contributed by atoms with Gasteiger partial charge in [-0.15, -0.1) is 0 Å². The number of aliphatic hydroxyl groups is 2. The molecule has 0 saturated heterocycles. The van der Waals surface area contributed by atoms with Crippen LogP contribution in [0.3, 0.4) is 0 Å². The maximum atomic E-state index is 12.6. The van der Waals surface area contributed by atoms with Crippen molar-refractivity contribution in [3.05, 3.63) is 65.7 Å². The van der Waals surface area contributed by atoms with E-state index < -0.39 is 48.2 Å². The molecular weight excluding hydrogens is 572 g/mol. The Morgan fingerprint density at radius 2 is 1.36 bits per heavy atom. The highest BCUT2D eigenvalue weighted by Crippen LogP contribution is 2.16. The largest absolute Gasteiger partial charge is 0.490 e. The summed E-state index contributed by atoms with van der Waals surface area (Å²) in [7, 11) is 3.18. The van der Waals surface area contributed by atoms with E-state index in [4.69, 9.17) is 14.2 Å². The Morgan fingerprint density at radius 1 is 0.818 bits per heavy atom. The van der Waals surface area contributed by atoms with Crippen LogP contribution in [-0.2, 0) is 22.3 Å². The number of carboxylic acid groups (broad SMARTS) is 1. The van der Waals surface area contributed by atoms with Crippen molar-refractivity contribution in [1.29, 1.82) is 0 Å². The van der Waals surface area contributed by atoms with Crippen LogP contribution in [0.5, 0.6) is 5.75 Å². The highest BCUT2D eigenvalue weighted by Gasteiger charge is 2.26. The summed E-state index contributed by atoms with van der Waals surface area (Å²) in [4.78, 5) is 36.7. The van der Waals surface area contributed by atoms with Gasteiger partial charge in [-0.25, -0.2) is 14.4 Å². The van der Waals surface area contributed by atoms with Crippen molar-refractivity contribution in [3.63, 3.8) is 0 Å². The van der Waals surface area contributed by atoms with E-state index in [-0.39, 0.29) is 39.1 Å². The zero-order valence-corrected chi connectivity index (χ0v) is 26.0. The molecule has 0 aliphatic rings. The minimum atomic E-state index is -1.25. The molecule has 0 aliphatic carbocycles. The summed E-state index contributed by atoms with van der Waals surface area (Å²) < 4.78 is 16.0. The molecule has 0 bridgehead atoms. The van der Waals surface area contributed by atoms with Gasteiger partial charge < -0.3 is 50.4 Å². The predicted molar refractivity (Wildman–Crippen MR) is 164 cm³/mol. The molecule has 2 rings (SSSR count). The molecule has 0 radical (unpaired) electrons. The second-order valence-electron chi connectivity index (χ2n) is 11.5. The van der Waals surface area contributed by atoms with Crippen LogP contribution in [0.1, 0.15) is 31.9 Å². The lowest BCUT2D eigenvalue weighted by Gasteiger charge is -2.28. The maximum Gasteiger partial charge on any atom is 0.409 e. The number of hydrogen-bond donors (Lipinski definition) is 6. The van der Waals surface area contributed by atoms with E-state index >= 15 is 0 Å². The molecule has 0 aliphatic heterocycles. The molecule has 6 N–H and O–H groups in total. The average Bonchev–Trinajstić information content (AvgIpc) is 2.94. The number of amides is 3. The number of benzene rings is 2. The van der Waals surface area contributed by atoms with Crippen molar-refractivity contribution in [2.45, 2.75) is 63.5 Å². The second kappa shape index (κ2) is 17.9. The van der Waals surface area contributed by atoms with E-state index in [0.29, 0.717) is 5.75 Å². The Labute approximate surface area is 258 Å². The first kappa shape index (κ1) is 36.1. The van der Waals surface area contributed by atoms with E-state index in [2.05, 4.69) is 16.0 Å². The van der Waals surface area contributed by atoms with Crippen LogP contribution in [-0.4, -0.2) is 109 Å². The monoisotopic (exact) mass is 618 g/mol. The minimum Gasteiger partial charge on any atom is -0.490 e. The molecular formula is C31H46N4O9. The number of carbonyl (C=O) groups excluding carboxylic acids is 2. The molecule has 0 fully saturated rings. The van der Waals surface area contributed by atoms with Crippen molar-refractivity contribution < 1.29 is 43.9 Å². The van der Waals surface area contributed by atoms with Crippen LogP contribution in [0.15, 0.2) is 54.6 Å². The summed E-state index contributed by atoms with van der Waals surface area (Å²) >= 11 is 0. The van der Waals surface area contributed by atoms with Gasteiger partial charge in [0.05, 0.1) is 24.3 Å². The Hall–Kier alpha value is -4.07. The van der Waals surface area contributed by atoms with E-state index in [1.165, 1.54) is 4.90 Å². The van der Waals surface area contributed by atoms with Gasteiger partial charge in [-0.2, -0.15) is 0 Å². The van der Waals surface area contributed by atoms with Crippen LogP contribution in [0, 0.1) is 0 Å². The third-order valence-corrected chi connectivity index (χ3v) is 6.27. The molecule has 3 amide bonds. The molecule has 13 heteroatoms. The topological polar surface area (TPSA) is 179 Å². The fourth-order valence-corrected chi connectivity index (χ4v) is 4.11. The SMILES string of the molecule is CN(C)C(=O)OCCOc1ccc(C[C@@H](NC(=O)OC(C)(C)C)C(O)CNC[C@H](O)[C@H](Cc2ccccc2)NC(=O)O)cc1. The van der Waals surface area contributed by atoms with Crippen molar-refractivity contribution in [2.75, 3.05) is 40.4 Å². The number of nitrogens with zero attached hydrogens (tertiary/aromatic N) is 1. The van der Waals surface area contributed by atoms with Gasteiger partial charge >= 0.3 is 18.3 Å². The van der Waals surface area contributed by atoms with E-state index in [0.717, 1.165) is 11.1 Å². The smallest absolute Gasteiger partial charge is 0.409 e. The van der Waals surface area contributed by atoms with E-state index in [1.54, 1.807) is 59.1 Å². The Bertz CT molecular complexity index is 1160. The van der Waals surface area contributed by atoms with Gasteiger partial charge in [0.1, 0.15) is 24.6 Å². The summed E-state index contributed by atoms with van der Waals surface area (Å²) in [6.07, 6.45) is -4.05. The molecule has 1 unspecified atom stereocenters. The third kappa shape index (κ3) is 14.4. The van der Waals surface area contributed by atoms with Gasteiger partial charge in [-0.1, -0.05) is 42.5 Å². The molecule has 0 heterocycles. The number of alkyl carbamates (subject to hydrolysis) is 1. The fourth-order valence-electron chi connectivity index (χ4n) is 4.11. The van der Waals surface area contributed by atoms with Crippen LogP contribution in [0.2, 0.25) is 0 Å². The zero-order chi connectivity index (χ0) is 32.7. The number of rotatable bonds is 16. The summed E-state index contributed by atoms with van der Waals surface area (Å²) in [5.74, 6) is 0.558. The Balaban J connectivity index is 1.99. The van der Waals surface area contributed by atoms with Crippen LogP contribution >= 0.6 is 0 Å². The summed E-state index contributed by atoms with van der Waals surface area (Å²) in [6, 6.07) is 14.7. The molecule has 2 aromatic carbocycles. The first-order valence-electron chi connectivity index (χ1n) is 14.4. The van der Waals surface area contributed by atoms with Crippen LogP contribution < -0.4 is 20.7 Å². The normalized spacial score (nSPS) is 14.0. The maximum absolute atomic E-state index is 12.6. The van der Waals surface area contributed by atoms with Crippen molar-refractivity contribution in [1.82, 2.24) is 20.9 Å². The summed E-state index contributed by atoms with van der Waals surface area (Å²) in [5.41, 5.74) is 0.911. The van der Waals surface area contributed by atoms with Gasteiger partial charge in [-0.05, 0) is 56.9 Å². The molecule has 4 atom stereocenters. The number of nitrogens with one attached hydrogen (secondary N) is 3. The number of aliphatic hydroxyl groups excluding tert-OH is 2. The minimum absolute atomic E-state index is 0.00445. The van der Waals surface area contributed by atoms with Gasteiger partial charge in [0.15, 0.2) is 0 Å². The molecule has 0 saturated carbocycles. The first-order valence-corrected chi connectivity index (χ1v) is 14.4. The Morgan fingerprint density at radius 3 is 1.89 bits per heavy atom. The van der Waals surface area contributed by atoms with Gasteiger partial charge in [0, 0.05) is 27.2 Å². The number of hydrogen-bond acceptors (Lipinski definition) is 9. The van der Waals surface area contributed by atoms with Gasteiger partial charge in [0.25, 0.3) is 0 Å². The van der Waals surface area contributed by atoms with Gasteiger partial charge in [-0.3, -0.25) is 0 Å². The Kier molecular flexibility index (Phi) is 14.7.